The molecule has 0 radical (unpaired) electrons. The summed E-state index contributed by atoms with van der Waals surface area (Å²) < 4.78 is 0.882. The first-order valence-electron chi connectivity index (χ1n) is 7.63. The average molecular weight is 366 g/mol. The van der Waals surface area contributed by atoms with Crippen molar-refractivity contribution in [3.63, 3.8) is 0 Å². The van der Waals surface area contributed by atoms with Crippen LogP contribution in [0.5, 0.6) is 0 Å². The lowest BCUT2D eigenvalue weighted by atomic mass is 10.1. The monoisotopic (exact) mass is 365 g/mol. The van der Waals surface area contributed by atoms with Gasteiger partial charge in [0, 0.05) is 43.1 Å². The van der Waals surface area contributed by atoms with Gasteiger partial charge in [-0.3, -0.25) is 9.59 Å². The summed E-state index contributed by atoms with van der Waals surface area (Å²) in [6.07, 6.45) is 0.304. The lowest BCUT2D eigenvalue weighted by molar-refractivity contribution is -0.136. The van der Waals surface area contributed by atoms with Gasteiger partial charge in [-0.25, -0.2) is 0 Å². The van der Waals surface area contributed by atoms with Gasteiger partial charge in [0.2, 0.25) is 11.8 Å². The number of piperazine rings is 1. The summed E-state index contributed by atoms with van der Waals surface area (Å²) in [6.45, 7) is 4.81. The molecule has 0 aromatic heterocycles. The van der Waals surface area contributed by atoms with Crippen molar-refractivity contribution in [3.05, 3.63) is 28.7 Å². The minimum absolute atomic E-state index is 0.0217. The molecule has 2 atom stereocenters. The number of anilines is 1. The Morgan fingerprint density at radius 2 is 2.09 bits per heavy atom. The molecule has 2 amide bonds. The molecule has 1 aromatic rings. The summed E-state index contributed by atoms with van der Waals surface area (Å²) in [5, 5.41) is 3.33. The molecule has 2 saturated heterocycles. The summed E-state index contributed by atoms with van der Waals surface area (Å²) in [7, 11) is 0. The first kappa shape index (κ1) is 15.5. The first-order valence-corrected chi connectivity index (χ1v) is 8.42. The number of hydrogen-bond acceptors (Lipinski definition) is 3. The number of benzene rings is 1. The number of para-hydroxylation sites is 1. The van der Waals surface area contributed by atoms with Gasteiger partial charge in [-0.15, -0.1) is 0 Å². The Morgan fingerprint density at radius 1 is 1.32 bits per heavy atom. The molecule has 0 bridgehead atoms. The molecular weight excluding hydrogens is 346 g/mol. The SMILES string of the molecule is CC1CN(C(=O)C2CC(=O)N(c3ccccc3Br)C2)CCN1. The van der Waals surface area contributed by atoms with Gasteiger partial charge in [-0.1, -0.05) is 12.1 Å². The fraction of sp³-hybridized carbons (Fsp3) is 0.500. The van der Waals surface area contributed by atoms with Crippen LogP contribution in [0.25, 0.3) is 0 Å². The van der Waals surface area contributed by atoms with Crippen LogP contribution in [0.2, 0.25) is 0 Å². The van der Waals surface area contributed by atoms with E-state index in [1.165, 1.54) is 0 Å². The number of hydrogen-bond donors (Lipinski definition) is 1. The molecule has 2 heterocycles. The van der Waals surface area contributed by atoms with Crippen molar-refractivity contribution in [1.29, 1.82) is 0 Å². The zero-order valence-electron chi connectivity index (χ0n) is 12.6. The highest BCUT2D eigenvalue weighted by molar-refractivity contribution is 9.10. The Morgan fingerprint density at radius 3 is 2.82 bits per heavy atom. The first-order chi connectivity index (χ1) is 10.6. The Labute approximate surface area is 138 Å². The van der Waals surface area contributed by atoms with Crippen molar-refractivity contribution in [3.8, 4) is 0 Å². The van der Waals surface area contributed by atoms with Gasteiger partial charge >= 0.3 is 0 Å². The second kappa shape index (κ2) is 6.38. The minimum Gasteiger partial charge on any atom is -0.340 e. The van der Waals surface area contributed by atoms with Crippen molar-refractivity contribution in [1.82, 2.24) is 10.2 Å². The normalized spacial score (nSPS) is 25.6. The van der Waals surface area contributed by atoms with E-state index in [1.807, 2.05) is 29.2 Å². The maximum atomic E-state index is 12.7. The third kappa shape index (κ3) is 3.03. The number of nitrogens with zero attached hydrogens (tertiary/aromatic N) is 2. The molecule has 3 rings (SSSR count). The Bertz CT molecular complexity index is 593. The lowest BCUT2D eigenvalue weighted by Gasteiger charge is -2.33. The van der Waals surface area contributed by atoms with E-state index in [0.29, 0.717) is 19.0 Å². The number of carbonyl (C=O) groups is 2. The fourth-order valence-electron chi connectivity index (χ4n) is 3.17. The topological polar surface area (TPSA) is 52.7 Å². The van der Waals surface area contributed by atoms with E-state index >= 15 is 0 Å². The Hall–Kier alpha value is -1.40. The van der Waals surface area contributed by atoms with Gasteiger partial charge in [0.25, 0.3) is 0 Å². The second-order valence-corrected chi connectivity index (χ2v) is 6.85. The number of rotatable bonds is 2. The molecule has 2 fully saturated rings. The van der Waals surface area contributed by atoms with E-state index in [2.05, 4.69) is 28.2 Å². The maximum absolute atomic E-state index is 12.7. The highest BCUT2D eigenvalue weighted by Gasteiger charge is 2.38. The van der Waals surface area contributed by atoms with Crippen LogP contribution in [0, 0.1) is 5.92 Å². The van der Waals surface area contributed by atoms with Crippen molar-refractivity contribution < 1.29 is 9.59 Å². The number of amides is 2. The van der Waals surface area contributed by atoms with Crippen molar-refractivity contribution in [2.24, 2.45) is 5.92 Å². The molecule has 2 aliphatic rings. The second-order valence-electron chi connectivity index (χ2n) is 6.00. The molecule has 2 aliphatic heterocycles. The quantitative estimate of drug-likeness (QED) is 0.866. The zero-order valence-corrected chi connectivity index (χ0v) is 14.2. The van der Waals surface area contributed by atoms with Crippen molar-refractivity contribution in [2.45, 2.75) is 19.4 Å². The standard InChI is InChI=1S/C16H20BrN3O2/c1-11-9-19(7-6-18-11)16(22)12-8-15(21)20(10-12)14-5-3-2-4-13(14)17/h2-5,11-12,18H,6-10H2,1H3. The Balaban J connectivity index is 1.72. The minimum atomic E-state index is -0.232. The van der Waals surface area contributed by atoms with E-state index in [9.17, 15) is 9.59 Å². The molecule has 1 aromatic carbocycles. The van der Waals surface area contributed by atoms with Gasteiger partial charge in [0.1, 0.15) is 0 Å². The van der Waals surface area contributed by atoms with Crippen LogP contribution in [-0.4, -0.2) is 48.9 Å². The van der Waals surface area contributed by atoms with Crippen LogP contribution in [0.4, 0.5) is 5.69 Å². The van der Waals surface area contributed by atoms with Crippen LogP contribution in [-0.2, 0) is 9.59 Å². The highest BCUT2D eigenvalue weighted by Crippen LogP contribution is 2.31. The van der Waals surface area contributed by atoms with Gasteiger partial charge in [-0.05, 0) is 35.0 Å². The zero-order chi connectivity index (χ0) is 15.7. The fourth-order valence-corrected chi connectivity index (χ4v) is 3.67. The number of halogens is 1. The summed E-state index contributed by atoms with van der Waals surface area (Å²) in [4.78, 5) is 28.6. The summed E-state index contributed by atoms with van der Waals surface area (Å²) >= 11 is 3.48. The van der Waals surface area contributed by atoms with E-state index in [1.54, 1.807) is 4.90 Å². The largest absolute Gasteiger partial charge is 0.340 e. The molecular formula is C16H20BrN3O2. The third-order valence-corrected chi connectivity index (χ3v) is 4.97. The smallest absolute Gasteiger partial charge is 0.228 e. The van der Waals surface area contributed by atoms with Crippen LogP contribution in [0.15, 0.2) is 28.7 Å². The summed E-state index contributed by atoms with van der Waals surface area (Å²) in [5.41, 5.74) is 0.844. The predicted molar refractivity (Wildman–Crippen MR) is 88.6 cm³/mol. The van der Waals surface area contributed by atoms with E-state index < -0.39 is 0 Å². The molecule has 118 valence electrons. The van der Waals surface area contributed by atoms with Gasteiger partial charge < -0.3 is 15.1 Å². The molecule has 6 heteroatoms. The molecule has 0 spiro atoms. The van der Waals surface area contributed by atoms with Crippen LogP contribution < -0.4 is 10.2 Å². The highest BCUT2D eigenvalue weighted by atomic mass is 79.9. The molecule has 2 unspecified atom stereocenters. The molecule has 5 nitrogen and oxygen atoms in total. The van der Waals surface area contributed by atoms with Crippen molar-refractivity contribution in [2.75, 3.05) is 31.1 Å². The number of nitrogens with one attached hydrogen (secondary N) is 1. The van der Waals surface area contributed by atoms with Crippen LogP contribution in [0.3, 0.4) is 0 Å². The lowest BCUT2D eigenvalue weighted by Crippen LogP contribution is -2.53. The molecule has 1 N–H and O–H groups in total. The summed E-state index contributed by atoms with van der Waals surface area (Å²) in [5.74, 6) is -0.102. The average Bonchev–Trinajstić information content (AvgIpc) is 2.89. The maximum Gasteiger partial charge on any atom is 0.228 e. The molecule has 0 aliphatic carbocycles. The molecule has 0 saturated carbocycles. The van der Waals surface area contributed by atoms with E-state index in [4.69, 9.17) is 0 Å². The van der Waals surface area contributed by atoms with Gasteiger partial charge in [0.15, 0.2) is 0 Å². The Kier molecular flexibility index (Phi) is 4.49. The van der Waals surface area contributed by atoms with E-state index in [0.717, 1.165) is 29.8 Å². The van der Waals surface area contributed by atoms with Crippen LogP contribution >= 0.6 is 15.9 Å². The van der Waals surface area contributed by atoms with Gasteiger partial charge in [0.05, 0.1) is 11.6 Å². The third-order valence-electron chi connectivity index (χ3n) is 4.30. The van der Waals surface area contributed by atoms with Gasteiger partial charge in [-0.2, -0.15) is 0 Å². The predicted octanol–water partition coefficient (Wildman–Crippen LogP) is 1.62. The summed E-state index contributed by atoms with van der Waals surface area (Å²) in [6, 6.07) is 7.95. The number of carbonyl (C=O) groups excluding carboxylic acids is 2. The van der Waals surface area contributed by atoms with Crippen molar-refractivity contribution >= 4 is 33.4 Å². The van der Waals surface area contributed by atoms with Crippen LogP contribution in [0.1, 0.15) is 13.3 Å². The molecule has 22 heavy (non-hydrogen) atoms. The van der Waals surface area contributed by atoms with E-state index in [-0.39, 0.29) is 17.7 Å².